The summed E-state index contributed by atoms with van der Waals surface area (Å²) >= 11 is 1.02. The number of rotatable bonds is 3. The van der Waals surface area contributed by atoms with Crippen LogP contribution in [0.3, 0.4) is 0 Å². The molecule has 1 saturated heterocycles. The molecule has 4 aromatic rings. The third kappa shape index (κ3) is 3.69. The molecule has 1 atom stereocenters. The first-order valence-corrected chi connectivity index (χ1v) is 10.6. The average molecular weight is 446 g/mol. The number of hydrogen-bond acceptors (Lipinski definition) is 6. The molecule has 0 saturated carbocycles. The first-order chi connectivity index (χ1) is 14.9. The largest absolute Gasteiger partial charge is 0.434 e. The molecule has 1 aliphatic rings. The number of hydrogen-bond donors (Lipinski definition) is 1. The number of benzene rings is 1. The first-order valence-electron chi connectivity index (χ1n) is 9.71. The molecule has 1 unspecified atom stereocenters. The summed E-state index contributed by atoms with van der Waals surface area (Å²) in [6.07, 6.45) is -1.48. The Morgan fingerprint density at radius 2 is 1.97 bits per heavy atom. The zero-order valence-corrected chi connectivity index (χ0v) is 17.0. The van der Waals surface area contributed by atoms with Crippen molar-refractivity contribution in [2.24, 2.45) is 0 Å². The van der Waals surface area contributed by atoms with E-state index in [0.29, 0.717) is 35.1 Å². The van der Waals surface area contributed by atoms with E-state index in [9.17, 15) is 18.0 Å². The summed E-state index contributed by atoms with van der Waals surface area (Å²) in [4.78, 5) is 25.8. The molecule has 11 heteroatoms. The number of alkyl halides is 3. The number of halogens is 3. The minimum Gasteiger partial charge on any atom is -0.342 e. The molecule has 1 aliphatic heterocycles. The summed E-state index contributed by atoms with van der Waals surface area (Å²) in [5.41, 5.74) is 0.0449. The molecule has 1 aromatic carbocycles. The van der Waals surface area contributed by atoms with Gasteiger partial charge in [-0.3, -0.25) is 9.78 Å². The second-order valence-electron chi connectivity index (χ2n) is 7.37. The number of aromatic amines is 1. The Morgan fingerprint density at radius 1 is 1.16 bits per heavy atom. The molecule has 7 nitrogen and oxygen atoms in total. The zero-order valence-electron chi connectivity index (χ0n) is 16.1. The molecule has 3 aromatic heterocycles. The van der Waals surface area contributed by atoms with Gasteiger partial charge in [0.15, 0.2) is 11.3 Å². The van der Waals surface area contributed by atoms with Gasteiger partial charge < -0.3 is 4.90 Å². The molecular formula is C20H17F3N6OS. The Labute approximate surface area is 178 Å². The predicted octanol–water partition coefficient (Wildman–Crippen LogP) is 3.97. The quantitative estimate of drug-likeness (QED) is 0.515. The van der Waals surface area contributed by atoms with Crippen LogP contribution in [0, 0.1) is 0 Å². The number of thiazole rings is 1. The fourth-order valence-electron chi connectivity index (χ4n) is 3.79. The Morgan fingerprint density at radius 3 is 2.71 bits per heavy atom. The van der Waals surface area contributed by atoms with Crippen molar-refractivity contribution in [3.63, 3.8) is 0 Å². The van der Waals surface area contributed by atoms with Crippen molar-refractivity contribution >= 4 is 28.3 Å². The lowest BCUT2D eigenvalue weighted by molar-refractivity contribution is -0.140. The summed E-state index contributed by atoms with van der Waals surface area (Å²) in [5.74, 6) is 0.224. The van der Waals surface area contributed by atoms with Crippen LogP contribution in [0.15, 0.2) is 46.7 Å². The van der Waals surface area contributed by atoms with Crippen molar-refractivity contribution in [3.8, 4) is 5.69 Å². The average Bonchev–Trinajstić information content (AvgIpc) is 3.42. The van der Waals surface area contributed by atoms with Crippen molar-refractivity contribution in [3.05, 3.63) is 63.0 Å². The normalized spacial score (nSPS) is 17.4. The molecule has 0 aliphatic carbocycles. The Hall–Kier alpha value is -3.21. The third-order valence-corrected chi connectivity index (χ3v) is 6.32. The maximum absolute atomic E-state index is 12.9. The number of nitrogens with one attached hydrogen (secondary N) is 1. The van der Waals surface area contributed by atoms with Gasteiger partial charge in [0, 0.05) is 24.4 Å². The van der Waals surface area contributed by atoms with Gasteiger partial charge in [-0.25, -0.2) is 9.67 Å². The van der Waals surface area contributed by atoms with E-state index in [-0.39, 0.29) is 11.5 Å². The lowest BCUT2D eigenvalue weighted by Crippen LogP contribution is -2.36. The summed E-state index contributed by atoms with van der Waals surface area (Å²) < 4.78 is 40.4. The van der Waals surface area contributed by atoms with Crippen LogP contribution < -0.4 is 10.5 Å². The van der Waals surface area contributed by atoms with Gasteiger partial charge in [0.1, 0.15) is 5.39 Å². The molecular weight excluding hydrogens is 429 g/mol. The maximum Gasteiger partial charge on any atom is 0.434 e. The second kappa shape index (κ2) is 7.49. The van der Waals surface area contributed by atoms with Crippen molar-refractivity contribution < 1.29 is 13.2 Å². The number of fused-ring (bicyclic) bond motifs is 1. The van der Waals surface area contributed by atoms with Crippen molar-refractivity contribution in [2.45, 2.75) is 24.9 Å². The van der Waals surface area contributed by atoms with Crippen LogP contribution in [0.4, 0.5) is 19.1 Å². The molecule has 0 amide bonds. The smallest absolute Gasteiger partial charge is 0.342 e. The predicted molar refractivity (Wildman–Crippen MR) is 111 cm³/mol. The lowest BCUT2D eigenvalue weighted by atomic mass is 9.99. The Bertz CT molecular complexity index is 1280. The molecule has 1 fully saturated rings. The van der Waals surface area contributed by atoms with E-state index >= 15 is 0 Å². The molecule has 4 heterocycles. The third-order valence-electron chi connectivity index (χ3n) is 5.31. The standard InChI is InChI=1S/C20H17F3N6OS/c21-20(22,23)15-11-31-18(25-15)12-5-4-8-28(10-12)19-26-16-14(17(30)27-19)9-24-29(16)13-6-2-1-3-7-13/h1-3,6-7,9,11-12H,4-5,8,10H2,(H,26,27,30). The summed E-state index contributed by atoms with van der Waals surface area (Å²) in [6, 6.07) is 9.36. The monoisotopic (exact) mass is 446 g/mol. The summed E-state index contributed by atoms with van der Waals surface area (Å²) in [5, 5.41) is 6.18. The molecule has 1 N–H and O–H groups in total. The highest BCUT2D eigenvalue weighted by Crippen LogP contribution is 2.35. The van der Waals surface area contributed by atoms with Crippen LogP contribution in [0.5, 0.6) is 0 Å². The van der Waals surface area contributed by atoms with Gasteiger partial charge in [-0.15, -0.1) is 11.3 Å². The highest BCUT2D eigenvalue weighted by molar-refractivity contribution is 7.09. The molecule has 5 rings (SSSR count). The van der Waals surface area contributed by atoms with Gasteiger partial charge in [-0.05, 0) is 25.0 Å². The summed E-state index contributed by atoms with van der Waals surface area (Å²) in [7, 11) is 0. The van der Waals surface area contributed by atoms with Gasteiger partial charge in [0.25, 0.3) is 5.56 Å². The zero-order chi connectivity index (χ0) is 21.6. The topological polar surface area (TPSA) is 79.7 Å². The number of H-pyrrole nitrogens is 1. The van der Waals surface area contributed by atoms with E-state index in [2.05, 4.69) is 20.1 Å². The minimum atomic E-state index is -4.45. The van der Waals surface area contributed by atoms with Crippen LogP contribution >= 0.6 is 11.3 Å². The van der Waals surface area contributed by atoms with Gasteiger partial charge in [0.05, 0.1) is 16.9 Å². The highest BCUT2D eigenvalue weighted by atomic mass is 32.1. The number of anilines is 1. The molecule has 160 valence electrons. The van der Waals surface area contributed by atoms with Crippen LogP contribution in [-0.4, -0.2) is 37.8 Å². The fraction of sp³-hybridized carbons (Fsp3) is 0.300. The maximum atomic E-state index is 12.9. The minimum absolute atomic E-state index is 0.158. The number of aromatic nitrogens is 5. The second-order valence-corrected chi connectivity index (χ2v) is 8.26. The van der Waals surface area contributed by atoms with Crippen molar-refractivity contribution in [2.75, 3.05) is 18.0 Å². The Kier molecular flexibility index (Phi) is 4.77. The molecule has 0 bridgehead atoms. The van der Waals surface area contributed by atoms with Gasteiger partial charge >= 0.3 is 6.18 Å². The van der Waals surface area contributed by atoms with Crippen LogP contribution in [0.2, 0.25) is 0 Å². The summed E-state index contributed by atoms with van der Waals surface area (Å²) in [6.45, 7) is 1.07. The molecule has 0 radical (unpaired) electrons. The number of para-hydroxylation sites is 1. The van der Waals surface area contributed by atoms with E-state index in [1.165, 1.54) is 6.20 Å². The molecule has 31 heavy (non-hydrogen) atoms. The van der Waals surface area contributed by atoms with Crippen LogP contribution in [0.25, 0.3) is 16.7 Å². The SMILES string of the molecule is O=c1[nH]c(N2CCCC(c3nc(C(F)(F)F)cs3)C2)nc2c1cnn2-c1ccccc1. The molecule has 0 spiro atoms. The van der Waals surface area contributed by atoms with Crippen molar-refractivity contribution in [1.29, 1.82) is 0 Å². The highest BCUT2D eigenvalue weighted by Gasteiger charge is 2.35. The van der Waals surface area contributed by atoms with E-state index in [0.717, 1.165) is 35.2 Å². The number of nitrogens with zero attached hydrogens (tertiary/aromatic N) is 5. The lowest BCUT2D eigenvalue weighted by Gasteiger charge is -2.32. The van der Waals surface area contributed by atoms with Crippen molar-refractivity contribution in [1.82, 2.24) is 24.7 Å². The van der Waals surface area contributed by atoms with Crippen LogP contribution in [-0.2, 0) is 6.18 Å². The fourth-order valence-corrected chi connectivity index (χ4v) is 4.75. The van der Waals surface area contributed by atoms with Gasteiger partial charge in [-0.1, -0.05) is 18.2 Å². The van der Waals surface area contributed by atoms with Gasteiger partial charge in [0.2, 0.25) is 5.95 Å². The van der Waals surface area contributed by atoms with Gasteiger partial charge in [-0.2, -0.15) is 23.3 Å². The first kappa shape index (κ1) is 19.7. The van der Waals surface area contributed by atoms with E-state index in [1.807, 2.05) is 35.2 Å². The Balaban J connectivity index is 1.47. The van der Waals surface area contributed by atoms with E-state index in [1.54, 1.807) is 4.68 Å². The van der Waals surface area contributed by atoms with E-state index < -0.39 is 11.9 Å². The van der Waals surface area contributed by atoms with Crippen LogP contribution in [0.1, 0.15) is 29.5 Å². The number of piperidine rings is 1. The van der Waals surface area contributed by atoms with E-state index in [4.69, 9.17) is 0 Å².